The van der Waals surface area contributed by atoms with E-state index in [0.29, 0.717) is 6.54 Å². The average Bonchev–Trinajstić information content (AvgIpc) is 2.63. The molecule has 1 rings (SSSR count). The molecule has 0 radical (unpaired) electrons. The maximum Gasteiger partial charge on any atom is 0.193 e. The van der Waals surface area contributed by atoms with Gasteiger partial charge in [-0.25, -0.2) is 0 Å². The standard InChI is InChI=1S/C13H23N3O/c1-14(2)8-6-9-15(3)11-13(17)12-7-5-10-16(12)4/h5,7,10H,6,8-9,11H2,1-4H3. The van der Waals surface area contributed by atoms with E-state index >= 15 is 0 Å². The van der Waals surface area contributed by atoms with Crippen LogP contribution in [0.15, 0.2) is 18.3 Å². The van der Waals surface area contributed by atoms with Gasteiger partial charge in [0.15, 0.2) is 5.78 Å². The zero-order valence-electron chi connectivity index (χ0n) is 11.3. The minimum atomic E-state index is 0.185. The lowest BCUT2D eigenvalue weighted by Crippen LogP contribution is -2.29. The van der Waals surface area contributed by atoms with Crippen molar-refractivity contribution in [2.75, 3.05) is 40.8 Å². The van der Waals surface area contributed by atoms with Gasteiger partial charge in [-0.3, -0.25) is 9.69 Å². The third kappa shape index (κ3) is 4.71. The topological polar surface area (TPSA) is 28.5 Å². The number of likely N-dealkylation sites (N-methyl/N-ethyl adjacent to an activating group) is 1. The molecule has 0 fully saturated rings. The average molecular weight is 237 g/mol. The quantitative estimate of drug-likeness (QED) is 0.665. The molecule has 1 aromatic rings. The number of hydrogen-bond acceptors (Lipinski definition) is 3. The third-order valence-electron chi connectivity index (χ3n) is 2.79. The Morgan fingerprint density at radius 2 is 2.00 bits per heavy atom. The fourth-order valence-corrected chi connectivity index (χ4v) is 1.81. The number of rotatable bonds is 7. The number of ketones is 1. The van der Waals surface area contributed by atoms with Crippen LogP contribution in [-0.2, 0) is 7.05 Å². The Morgan fingerprint density at radius 1 is 1.29 bits per heavy atom. The molecule has 96 valence electrons. The summed E-state index contributed by atoms with van der Waals surface area (Å²) >= 11 is 0. The summed E-state index contributed by atoms with van der Waals surface area (Å²) in [4.78, 5) is 16.2. The van der Waals surface area contributed by atoms with Crippen LogP contribution in [0.2, 0.25) is 0 Å². The summed E-state index contributed by atoms with van der Waals surface area (Å²) in [5.41, 5.74) is 0.782. The van der Waals surface area contributed by atoms with Crippen molar-refractivity contribution >= 4 is 5.78 Å². The molecule has 0 saturated carbocycles. The van der Waals surface area contributed by atoms with Crippen LogP contribution in [-0.4, -0.2) is 60.9 Å². The van der Waals surface area contributed by atoms with Gasteiger partial charge in [0.1, 0.15) is 0 Å². The van der Waals surface area contributed by atoms with Gasteiger partial charge in [0, 0.05) is 13.2 Å². The second-order valence-corrected chi connectivity index (χ2v) is 4.82. The fourth-order valence-electron chi connectivity index (χ4n) is 1.81. The van der Waals surface area contributed by atoms with Crippen molar-refractivity contribution < 1.29 is 4.79 Å². The highest BCUT2D eigenvalue weighted by atomic mass is 16.1. The largest absolute Gasteiger partial charge is 0.348 e. The molecule has 0 spiro atoms. The van der Waals surface area contributed by atoms with E-state index in [1.807, 2.05) is 37.0 Å². The Labute approximate surface area is 104 Å². The minimum Gasteiger partial charge on any atom is -0.348 e. The molecule has 0 N–H and O–H groups in total. The van der Waals surface area contributed by atoms with Gasteiger partial charge in [0.25, 0.3) is 0 Å². The van der Waals surface area contributed by atoms with Gasteiger partial charge in [0.2, 0.25) is 0 Å². The van der Waals surface area contributed by atoms with Crippen molar-refractivity contribution in [3.63, 3.8) is 0 Å². The molecular formula is C13H23N3O. The lowest BCUT2D eigenvalue weighted by atomic mass is 10.2. The second-order valence-electron chi connectivity index (χ2n) is 4.82. The van der Waals surface area contributed by atoms with E-state index in [0.717, 1.165) is 25.2 Å². The summed E-state index contributed by atoms with van der Waals surface area (Å²) in [6.07, 6.45) is 2.99. The Morgan fingerprint density at radius 3 is 2.53 bits per heavy atom. The van der Waals surface area contributed by atoms with E-state index in [2.05, 4.69) is 23.9 Å². The zero-order valence-corrected chi connectivity index (χ0v) is 11.3. The Hall–Kier alpha value is -1.13. The van der Waals surface area contributed by atoms with E-state index in [9.17, 15) is 4.79 Å². The van der Waals surface area contributed by atoms with Crippen LogP contribution in [0.25, 0.3) is 0 Å². The lowest BCUT2D eigenvalue weighted by Gasteiger charge is -2.17. The van der Waals surface area contributed by atoms with Gasteiger partial charge in [-0.1, -0.05) is 0 Å². The van der Waals surface area contributed by atoms with E-state index in [1.165, 1.54) is 0 Å². The van der Waals surface area contributed by atoms with Gasteiger partial charge in [0.05, 0.1) is 12.2 Å². The monoisotopic (exact) mass is 237 g/mol. The predicted molar refractivity (Wildman–Crippen MR) is 70.4 cm³/mol. The minimum absolute atomic E-state index is 0.185. The Bertz CT molecular complexity index is 357. The van der Waals surface area contributed by atoms with Crippen LogP contribution in [0, 0.1) is 0 Å². The molecule has 1 aromatic heterocycles. The van der Waals surface area contributed by atoms with Crippen molar-refractivity contribution in [1.82, 2.24) is 14.4 Å². The van der Waals surface area contributed by atoms with Crippen molar-refractivity contribution in [3.8, 4) is 0 Å². The number of Topliss-reactive ketones (excluding diaryl/α,β-unsaturated/α-hetero) is 1. The molecule has 0 aliphatic heterocycles. The molecule has 0 aliphatic rings. The molecule has 0 aromatic carbocycles. The van der Waals surface area contributed by atoms with Gasteiger partial charge in [-0.05, 0) is 52.8 Å². The van der Waals surface area contributed by atoms with Gasteiger partial charge in [-0.2, -0.15) is 0 Å². The Kier molecular flexibility index (Phi) is 5.38. The summed E-state index contributed by atoms with van der Waals surface area (Å²) in [6, 6.07) is 3.77. The predicted octanol–water partition coefficient (Wildman–Crippen LogP) is 1.09. The van der Waals surface area contributed by atoms with E-state index in [-0.39, 0.29) is 5.78 Å². The Balaban J connectivity index is 2.34. The number of nitrogens with zero attached hydrogens (tertiary/aromatic N) is 3. The molecule has 4 nitrogen and oxygen atoms in total. The van der Waals surface area contributed by atoms with Gasteiger partial charge < -0.3 is 9.47 Å². The van der Waals surface area contributed by atoms with Crippen molar-refractivity contribution in [2.45, 2.75) is 6.42 Å². The second kappa shape index (κ2) is 6.57. The molecule has 0 bridgehead atoms. The van der Waals surface area contributed by atoms with Crippen LogP contribution >= 0.6 is 0 Å². The zero-order chi connectivity index (χ0) is 12.8. The van der Waals surface area contributed by atoms with E-state index in [1.54, 1.807) is 0 Å². The van der Waals surface area contributed by atoms with Gasteiger partial charge >= 0.3 is 0 Å². The summed E-state index contributed by atoms with van der Waals surface area (Å²) in [5.74, 6) is 0.185. The maximum absolute atomic E-state index is 12.0. The number of carbonyl (C=O) groups excluding carboxylic acids is 1. The SMILES string of the molecule is CN(C)CCCN(C)CC(=O)c1cccn1C. The maximum atomic E-state index is 12.0. The molecule has 17 heavy (non-hydrogen) atoms. The highest BCUT2D eigenvalue weighted by Gasteiger charge is 2.11. The fraction of sp³-hybridized carbons (Fsp3) is 0.615. The summed E-state index contributed by atoms with van der Waals surface area (Å²) in [7, 11) is 8.03. The first-order chi connectivity index (χ1) is 8.00. The van der Waals surface area contributed by atoms with Crippen molar-refractivity contribution in [2.24, 2.45) is 7.05 Å². The first kappa shape index (κ1) is 13.9. The molecule has 0 atom stereocenters. The number of carbonyl (C=O) groups is 1. The molecule has 4 heteroatoms. The van der Waals surface area contributed by atoms with Crippen LogP contribution in [0.4, 0.5) is 0 Å². The van der Waals surface area contributed by atoms with E-state index in [4.69, 9.17) is 0 Å². The lowest BCUT2D eigenvalue weighted by molar-refractivity contribution is 0.0936. The number of aryl methyl sites for hydroxylation is 1. The van der Waals surface area contributed by atoms with Crippen LogP contribution in [0.1, 0.15) is 16.9 Å². The molecule has 0 amide bonds. The number of hydrogen-bond donors (Lipinski definition) is 0. The highest BCUT2D eigenvalue weighted by molar-refractivity contribution is 5.96. The summed E-state index contributed by atoms with van der Waals surface area (Å²) in [6.45, 7) is 2.50. The normalized spacial score (nSPS) is 11.4. The number of aromatic nitrogens is 1. The molecule has 1 heterocycles. The molecule has 0 unspecified atom stereocenters. The van der Waals surface area contributed by atoms with Crippen molar-refractivity contribution in [3.05, 3.63) is 24.0 Å². The molecular weight excluding hydrogens is 214 g/mol. The van der Waals surface area contributed by atoms with Crippen LogP contribution < -0.4 is 0 Å². The molecule has 0 aliphatic carbocycles. The summed E-state index contributed by atoms with van der Waals surface area (Å²) < 4.78 is 1.87. The highest BCUT2D eigenvalue weighted by Crippen LogP contribution is 2.02. The summed E-state index contributed by atoms with van der Waals surface area (Å²) in [5, 5.41) is 0. The third-order valence-corrected chi connectivity index (χ3v) is 2.79. The first-order valence-electron chi connectivity index (χ1n) is 5.98. The van der Waals surface area contributed by atoms with Crippen LogP contribution in [0.5, 0.6) is 0 Å². The van der Waals surface area contributed by atoms with Gasteiger partial charge in [-0.15, -0.1) is 0 Å². The smallest absolute Gasteiger partial charge is 0.193 e. The molecule has 0 saturated heterocycles. The van der Waals surface area contributed by atoms with Crippen LogP contribution in [0.3, 0.4) is 0 Å². The first-order valence-corrected chi connectivity index (χ1v) is 5.98. The van der Waals surface area contributed by atoms with E-state index < -0.39 is 0 Å². The van der Waals surface area contributed by atoms with Crippen molar-refractivity contribution in [1.29, 1.82) is 0 Å².